The van der Waals surface area contributed by atoms with E-state index in [0.29, 0.717) is 0 Å². The highest BCUT2D eigenvalue weighted by atomic mass is 127. The van der Waals surface area contributed by atoms with Crippen LogP contribution in [0.3, 0.4) is 0 Å². The SMILES string of the molecule is C[N+](C)(C)CC1CCOCC1.C[N+](C)(C)CC1CCOCC1.[I-].[I-]. The third-order valence-electron chi connectivity index (χ3n) is 4.29. The molecule has 0 aromatic carbocycles. The summed E-state index contributed by atoms with van der Waals surface area (Å²) in [4.78, 5) is 0. The van der Waals surface area contributed by atoms with E-state index in [9.17, 15) is 0 Å². The first-order valence-corrected chi connectivity index (χ1v) is 8.92. The Hall–Kier alpha value is 1.30. The summed E-state index contributed by atoms with van der Waals surface area (Å²) >= 11 is 0. The topological polar surface area (TPSA) is 18.5 Å². The molecular weight excluding hydrogens is 530 g/mol. The molecule has 2 aliphatic rings. The Morgan fingerprint density at radius 2 is 0.833 bits per heavy atom. The number of hydrogen-bond donors (Lipinski definition) is 0. The molecule has 0 unspecified atom stereocenters. The van der Waals surface area contributed by atoms with Gasteiger partial charge in [0.15, 0.2) is 0 Å². The van der Waals surface area contributed by atoms with E-state index in [1.54, 1.807) is 0 Å². The summed E-state index contributed by atoms with van der Waals surface area (Å²) in [5, 5.41) is 0. The summed E-state index contributed by atoms with van der Waals surface area (Å²) in [6.07, 6.45) is 5.04. The van der Waals surface area contributed by atoms with Crippen molar-refractivity contribution in [2.75, 3.05) is 81.8 Å². The third kappa shape index (κ3) is 15.5. The second-order valence-electron chi connectivity index (χ2n) is 9.06. The molecule has 24 heavy (non-hydrogen) atoms. The first-order valence-electron chi connectivity index (χ1n) is 8.92. The number of hydrogen-bond acceptors (Lipinski definition) is 2. The van der Waals surface area contributed by atoms with Gasteiger partial charge in [-0.2, -0.15) is 0 Å². The van der Waals surface area contributed by atoms with Gasteiger partial charge in [-0.15, -0.1) is 0 Å². The van der Waals surface area contributed by atoms with Crippen LogP contribution in [0.15, 0.2) is 0 Å². The van der Waals surface area contributed by atoms with Gasteiger partial charge in [0.1, 0.15) is 0 Å². The summed E-state index contributed by atoms with van der Waals surface area (Å²) in [6, 6.07) is 0. The van der Waals surface area contributed by atoms with Crippen molar-refractivity contribution < 1.29 is 66.4 Å². The molecule has 2 saturated heterocycles. The van der Waals surface area contributed by atoms with Crippen LogP contribution in [0.2, 0.25) is 0 Å². The zero-order valence-electron chi connectivity index (χ0n) is 16.7. The highest BCUT2D eigenvalue weighted by Crippen LogP contribution is 2.17. The average molecular weight is 570 g/mol. The summed E-state index contributed by atoms with van der Waals surface area (Å²) in [5.41, 5.74) is 0. The zero-order chi connectivity index (χ0) is 16.6. The van der Waals surface area contributed by atoms with Crippen LogP contribution < -0.4 is 48.0 Å². The molecule has 4 nitrogen and oxygen atoms in total. The van der Waals surface area contributed by atoms with Crippen molar-refractivity contribution in [2.45, 2.75) is 25.7 Å². The summed E-state index contributed by atoms with van der Waals surface area (Å²) in [7, 11) is 13.6. The van der Waals surface area contributed by atoms with Crippen LogP contribution >= 0.6 is 0 Å². The van der Waals surface area contributed by atoms with Crippen LogP contribution in [0.25, 0.3) is 0 Å². The number of rotatable bonds is 4. The van der Waals surface area contributed by atoms with Gasteiger partial charge in [-0.1, -0.05) is 0 Å². The van der Waals surface area contributed by atoms with Crippen molar-refractivity contribution in [1.29, 1.82) is 0 Å². The molecule has 0 aromatic rings. The molecule has 6 heteroatoms. The van der Waals surface area contributed by atoms with E-state index < -0.39 is 0 Å². The van der Waals surface area contributed by atoms with Crippen LogP contribution in [0.5, 0.6) is 0 Å². The molecule has 2 aliphatic heterocycles. The Kier molecular flexibility index (Phi) is 15.4. The van der Waals surface area contributed by atoms with Gasteiger partial charge < -0.3 is 66.4 Å². The average Bonchev–Trinajstić information content (AvgIpc) is 2.38. The van der Waals surface area contributed by atoms with Gasteiger partial charge in [0.2, 0.25) is 0 Å². The molecule has 0 bridgehead atoms. The predicted octanol–water partition coefficient (Wildman–Crippen LogP) is -3.75. The molecule has 2 rings (SSSR count). The smallest absolute Gasteiger partial charge is 0.0810 e. The number of nitrogens with zero attached hydrogens (tertiary/aromatic N) is 2. The van der Waals surface area contributed by atoms with Crippen LogP contribution in [0.4, 0.5) is 0 Å². The van der Waals surface area contributed by atoms with E-state index in [4.69, 9.17) is 9.47 Å². The van der Waals surface area contributed by atoms with E-state index in [-0.39, 0.29) is 48.0 Å². The third-order valence-corrected chi connectivity index (χ3v) is 4.29. The van der Waals surface area contributed by atoms with E-state index >= 15 is 0 Å². The van der Waals surface area contributed by atoms with Gasteiger partial charge in [-0.05, 0) is 25.7 Å². The lowest BCUT2D eigenvalue weighted by Gasteiger charge is -2.31. The highest BCUT2D eigenvalue weighted by Gasteiger charge is 2.21. The number of quaternary nitrogens is 2. The lowest BCUT2D eigenvalue weighted by Crippen LogP contribution is -3.00. The molecule has 0 aliphatic carbocycles. The summed E-state index contributed by atoms with van der Waals surface area (Å²) in [6.45, 7) is 6.50. The summed E-state index contributed by atoms with van der Waals surface area (Å²) < 4.78 is 12.8. The molecule has 0 N–H and O–H groups in total. The van der Waals surface area contributed by atoms with Gasteiger partial charge in [0, 0.05) is 38.3 Å². The first-order chi connectivity index (χ1) is 10.2. The minimum absolute atomic E-state index is 0. The fourth-order valence-corrected chi connectivity index (χ4v) is 3.41. The maximum absolute atomic E-state index is 5.31. The molecular formula is C18H40I2N2O2. The maximum atomic E-state index is 5.31. The fourth-order valence-electron chi connectivity index (χ4n) is 3.41. The normalized spacial score (nSPS) is 20.2. The fraction of sp³-hybridized carbons (Fsp3) is 1.00. The maximum Gasteiger partial charge on any atom is 0.0810 e. The lowest BCUT2D eigenvalue weighted by molar-refractivity contribution is -0.874. The van der Waals surface area contributed by atoms with Crippen molar-refractivity contribution >= 4 is 0 Å². The largest absolute Gasteiger partial charge is 1.00 e. The monoisotopic (exact) mass is 570 g/mol. The quantitative estimate of drug-likeness (QED) is 0.256. The van der Waals surface area contributed by atoms with E-state index in [0.717, 1.165) is 47.2 Å². The highest BCUT2D eigenvalue weighted by molar-refractivity contribution is 4.62. The van der Waals surface area contributed by atoms with Gasteiger partial charge in [0.25, 0.3) is 0 Å². The van der Waals surface area contributed by atoms with Gasteiger partial charge in [0.05, 0.1) is 55.4 Å². The Balaban J connectivity index is 0. The second-order valence-corrected chi connectivity index (χ2v) is 9.06. The number of ether oxygens (including phenoxy) is 2. The van der Waals surface area contributed by atoms with Crippen molar-refractivity contribution in [3.63, 3.8) is 0 Å². The second kappa shape index (κ2) is 13.5. The molecule has 2 fully saturated rings. The zero-order valence-corrected chi connectivity index (χ0v) is 21.0. The molecule has 0 radical (unpaired) electrons. The van der Waals surface area contributed by atoms with Crippen LogP contribution in [0.1, 0.15) is 25.7 Å². The van der Waals surface area contributed by atoms with Crippen molar-refractivity contribution in [3.8, 4) is 0 Å². The molecule has 0 saturated carbocycles. The Morgan fingerprint density at radius 1 is 0.583 bits per heavy atom. The van der Waals surface area contributed by atoms with Gasteiger partial charge >= 0.3 is 0 Å². The standard InChI is InChI=1S/2C9H20NO.2HI/c2*1-10(2,3)8-9-4-6-11-7-5-9;;/h2*9H,4-8H2,1-3H3;2*1H/q2*+1;;/p-2. The molecule has 2 heterocycles. The molecule has 148 valence electrons. The minimum Gasteiger partial charge on any atom is -1.00 e. The Labute approximate surface area is 184 Å². The molecule has 0 spiro atoms. The van der Waals surface area contributed by atoms with Gasteiger partial charge in [-0.3, -0.25) is 0 Å². The van der Waals surface area contributed by atoms with Crippen molar-refractivity contribution in [3.05, 3.63) is 0 Å². The molecule has 0 atom stereocenters. The Morgan fingerprint density at radius 3 is 1.04 bits per heavy atom. The number of halogens is 2. The first kappa shape index (κ1) is 27.5. The van der Waals surface area contributed by atoms with Crippen molar-refractivity contribution in [1.82, 2.24) is 0 Å². The van der Waals surface area contributed by atoms with Gasteiger partial charge in [-0.25, -0.2) is 0 Å². The van der Waals surface area contributed by atoms with Crippen LogP contribution in [-0.2, 0) is 9.47 Å². The Bertz CT molecular complexity index is 262. The van der Waals surface area contributed by atoms with Crippen LogP contribution in [-0.4, -0.2) is 90.8 Å². The lowest BCUT2D eigenvalue weighted by atomic mass is 9.99. The van der Waals surface area contributed by atoms with E-state index in [1.807, 2.05) is 0 Å². The molecule has 0 aromatic heterocycles. The minimum atomic E-state index is 0. The van der Waals surface area contributed by atoms with E-state index in [1.165, 1.54) is 38.8 Å². The van der Waals surface area contributed by atoms with Crippen LogP contribution in [0, 0.1) is 11.8 Å². The van der Waals surface area contributed by atoms with Crippen molar-refractivity contribution in [2.24, 2.45) is 11.8 Å². The predicted molar refractivity (Wildman–Crippen MR) is 92.9 cm³/mol. The summed E-state index contributed by atoms with van der Waals surface area (Å²) in [5.74, 6) is 1.78. The molecule has 0 amide bonds. The van der Waals surface area contributed by atoms with E-state index in [2.05, 4.69) is 42.3 Å².